The molecule has 2 unspecified atom stereocenters. The Bertz CT molecular complexity index is 1420. The predicted octanol–water partition coefficient (Wildman–Crippen LogP) is 4.19. The number of nitrogens with zero attached hydrogens (tertiary/aromatic N) is 4. The molecule has 8 heteroatoms. The first-order valence-corrected chi connectivity index (χ1v) is 12.2. The van der Waals surface area contributed by atoms with Crippen LogP contribution in [0.2, 0.25) is 0 Å². The van der Waals surface area contributed by atoms with E-state index in [1.807, 2.05) is 18.3 Å². The van der Waals surface area contributed by atoms with Crippen LogP contribution >= 0.6 is 0 Å². The highest BCUT2D eigenvalue weighted by molar-refractivity contribution is 5.95. The Labute approximate surface area is 216 Å². The molecule has 0 aromatic heterocycles. The largest absolute Gasteiger partial charge is 0.485 e. The van der Waals surface area contributed by atoms with E-state index in [2.05, 4.69) is 58.0 Å². The molecule has 37 heavy (non-hydrogen) atoms. The fraction of sp³-hybridized carbons (Fsp3) is 0.276. The fourth-order valence-electron chi connectivity index (χ4n) is 4.90. The van der Waals surface area contributed by atoms with Crippen LogP contribution in [0.5, 0.6) is 5.75 Å². The first-order valence-electron chi connectivity index (χ1n) is 12.2. The molecule has 0 saturated heterocycles. The summed E-state index contributed by atoms with van der Waals surface area (Å²) >= 11 is 0. The van der Waals surface area contributed by atoms with Crippen molar-refractivity contribution in [3.8, 4) is 18.0 Å². The maximum Gasteiger partial charge on any atom is 0.209 e. The van der Waals surface area contributed by atoms with Gasteiger partial charge in [-0.3, -0.25) is 10.2 Å². The summed E-state index contributed by atoms with van der Waals surface area (Å²) < 4.78 is 5.98. The molecule has 2 aliphatic rings. The summed E-state index contributed by atoms with van der Waals surface area (Å²) in [6.07, 6.45) is 0.928. The van der Waals surface area contributed by atoms with Gasteiger partial charge in [0.1, 0.15) is 23.5 Å². The van der Waals surface area contributed by atoms with Crippen LogP contribution in [0.1, 0.15) is 47.7 Å². The zero-order valence-electron chi connectivity index (χ0n) is 20.8. The van der Waals surface area contributed by atoms with Gasteiger partial charge in [-0.1, -0.05) is 36.4 Å². The lowest BCUT2D eigenvalue weighted by Crippen LogP contribution is -2.49. The fourth-order valence-corrected chi connectivity index (χ4v) is 4.90. The summed E-state index contributed by atoms with van der Waals surface area (Å²) in [4.78, 5) is 7.09. The third-order valence-corrected chi connectivity index (χ3v) is 6.79. The van der Waals surface area contributed by atoms with Gasteiger partial charge in [0.2, 0.25) is 5.96 Å². The van der Waals surface area contributed by atoms with E-state index in [0.29, 0.717) is 16.9 Å². The number of hydrogen-bond acceptors (Lipinski definition) is 6. The average Bonchev–Trinajstić information content (AvgIpc) is 3.28. The minimum atomic E-state index is -1.00. The minimum Gasteiger partial charge on any atom is -0.485 e. The molecule has 0 radical (unpaired) electrons. The van der Waals surface area contributed by atoms with E-state index >= 15 is 0 Å². The van der Waals surface area contributed by atoms with Crippen molar-refractivity contribution in [3.63, 3.8) is 0 Å². The molecule has 186 valence electrons. The first-order chi connectivity index (χ1) is 17.9. The molecule has 2 atom stereocenters. The van der Waals surface area contributed by atoms with Crippen LogP contribution in [-0.4, -0.2) is 27.7 Å². The summed E-state index contributed by atoms with van der Waals surface area (Å²) in [5.74, 6) is 0.757. The first kappa shape index (κ1) is 24.3. The van der Waals surface area contributed by atoms with Crippen molar-refractivity contribution in [2.75, 3.05) is 5.32 Å². The molecule has 3 N–H and O–H groups in total. The van der Waals surface area contributed by atoms with Crippen LogP contribution < -0.4 is 15.4 Å². The highest BCUT2D eigenvalue weighted by atomic mass is 16.5. The molecule has 2 heterocycles. The highest BCUT2D eigenvalue weighted by Crippen LogP contribution is 2.42. The Kier molecular flexibility index (Phi) is 6.54. The van der Waals surface area contributed by atoms with E-state index in [-0.39, 0.29) is 5.96 Å². The Morgan fingerprint density at radius 1 is 1.08 bits per heavy atom. The van der Waals surface area contributed by atoms with Gasteiger partial charge < -0.3 is 15.2 Å². The van der Waals surface area contributed by atoms with Gasteiger partial charge in [-0.2, -0.15) is 10.5 Å². The summed E-state index contributed by atoms with van der Waals surface area (Å²) in [5.41, 5.74) is 4.67. The number of benzene rings is 3. The Morgan fingerprint density at radius 3 is 2.62 bits per heavy atom. The number of nitriles is 2. The molecule has 5 rings (SSSR count). The number of hydrogen-bond donors (Lipinski definition) is 3. The third-order valence-electron chi connectivity index (χ3n) is 6.79. The lowest BCUT2D eigenvalue weighted by Gasteiger charge is -2.40. The molecule has 8 nitrogen and oxygen atoms in total. The van der Waals surface area contributed by atoms with E-state index in [1.54, 1.807) is 32.0 Å². The summed E-state index contributed by atoms with van der Waals surface area (Å²) in [6, 6.07) is 23.0. The monoisotopic (exact) mass is 492 g/mol. The van der Waals surface area contributed by atoms with Crippen LogP contribution in [0.25, 0.3) is 0 Å². The van der Waals surface area contributed by atoms with Gasteiger partial charge in [0.15, 0.2) is 6.19 Å². The van der Waals surface area contributed by atoms with Crippen molar-refractivity contribution in [1.29, 1.82) is 10.5 Å². The summed E-state index contributed by atoms with van der Waals surface area (Å²) in [6.45, 7) is 6.16. The van der Waals surface area contributed by atoms with E-state index < -0.39 is 17.7 Å². The van der Waals surface area contributed by atoms with Gasteiger partial charge in [-0.25, -0.2) is 4.99 Å². The van der Waals surface area contributed by atoms with Crippen molar-refractivity contribution in [2.45, 2.75) is 51.2 Å². The minimum absolute atomic E-state index is 0.205. The number of ether oxygens (including phenoxy) is 1. The van der Waals surface area contributed by atoms with E-state index in [1.165, 1.54) is 16.7 Å². The van der Waals surface area contributed by atoms with Crippen molar-refractivity contribution in [1.82, 2.24) is 10.2 Å². The maximum atomic E-state index is 11.1. The number of aliphatic hydroxyl groups is 1. The van der Waals surface area contributed by atoms with Gasteiger partial charge in [-0.15, -0.1) is 0 Å². The van der Waals surface area contributed by atoms with Crippen molar-refractivity contribution in [3.05, 3.63) is 94.5 Å². The summed E-state index contributed by atoms with van der Waals surface area (Å²) in [5, 5.41) is 35.7. The number of rotatable bonds is 4. The van der Waals surface area contributed by atoms with Gasteiger partial charge in [0, 0.05) is 30.9 Å². The van der Waals surface area contributed by atoms with Crippen LogP contribution in [-0.2, 0) is 19.6 Å². The second kappa shape index (κ2) is 9.94. The quantitative estimate of drug-likeness (QED) is 0.216. The number of fused-ring (bicyclic) bond motifs is 2. The highest BCUT2D eigenvalue weighted by Gasteiger charge is 2.43. The molecule has 0 aliphatic carbocycles. The predicted molar refractivity (Wildman–Crippen MR) is 140 cm³/mol. The normalized spacial score (nSPS) is 20.1. The van der Waals surface area contributed by atoms with Crippen LogP contribution in [0.4, 0.5) is 5.69 Å². The van der Waals surface area contributed by atoms with Crippen molar-refractivity contribution < 1.29 is 9.84 Å². The topological polar surface area (TPSA) is 117 Å². The lowest BCUT2D eigenvalue weighted by atomic mass is 9.86. The van der Waals surface area contributed by atoms with Gasteiger partial charge in [0.25, 0.3) is 0 Å². The van der Waals surface area contributed by atoms with E-state index in [4.69, 9.17) is 9.73 Å². The zero-order valence-corrected chi connectivity index (χ0v) is 20.8. The molecule has 0 bridgehead atoms. The number of aliphatic hydroxyl groups excluding tert-OH is 1. The smallest absolute Gasteiger partial charge is 0.209 e. The van der Waals surface area contributed by atoms with E-state index in [0.717, 1.165) is 25.3 Å². The zero-order chi connectivity index (χ0) is 26.0. The molecule has 3 aromatic carbocycles. The number of aliphatic imine (C=N–C) groups is 1. The maximum absolute atomic E-state index is 11.1. The number of nitrogens with one attached hydrogen (secondary N) is 2. The average molecular weight is 493 g/mol. The molecule has 0 fully saturated rings. The van der Waals surface area contributed by atoms with E-state index in [9.17, 15) is 15.6 Å². The number of guanidine groups is 1. The van der Waals surface area contributed by atoms with Gasteiger partial charge >= 0.3 is 0 Å². The van der Waals surface area contributed by atoms with Gasteiger partial charge in [-0.05, 0) is 60.9 Å². The molecule has 2 aliphatic heterocycles. The molecular formula is C29H28N6O2. The lowest BCUT2D eigenvalue weighted by molar-refractivity contribution is -0.0567. The van der Waals surface area contributed by atoms with Crippen LogP contribution in [0.3, 0.4) is 0 Å². The Morgan fingerprint density at radius 2 is 1.86 bits per heavy atom. The molecule has 0 saturated carbocycles. The standard InChI is InChI=1S/C29H28N6O2/c1-29(2)27(36)26(24-12-20(14-30)8-11-25(24)37-29)34-28(32-18-31)33-23-10-9-21-16-35(17-22(21)13-23)15-19-6-4-3-5-7-19/h3-13,26-27,36H,15-17H2,1-2H3,(H2,32,33,34). The van der Waals surface area contributed by atoms with Gasteiger partial charge in [0.05, 0.1) is 11.6 Å². The van der Waals surface area contributed by atoms with Crippen molar-refractivity contribution >= 4 is 11.6 Å². The Balaban J connectivity index is 1.39. The SMILES string of the molecule is CC1(C)Oc2ccc(C#N)cc2C(N=C(NC#N)Nc2ccc3c(c2)CN(Cc2ccccc2)C3)C1O. The molecular weight excluding hydrogens is 464 g/mol. The number of anilines is 1. The molecule has 0 spiro atoms. The Hall–Kier alpha value is -4.37. The van der Waals surface area contributed by atoms with Crippen LogP contribution in [0.15, 0.2) is 71.7 Å². The molecule has 3 aromatic rings. The third kappa shape index (κ3) is 5.12. The van der Waals surface area contributed by atoms with Crippen molar-refractivity contribution in [2.24, 2.45) is 4.99 Å². The molecule has 0 amide bonds. The van der Waals surface area contributed by atoms with Crippen LogP contribution in [0, 0.1) is 22.8 Å². The second-order valence-corrected chi connectivity index (χ2v) is 9.91. The second-order valence-electron chi connectivity index (χ2n) is 9.91. The summed E-state index contributed by atoms with van der Waals surface area (Å²) in [7, 11) is 0.